The van der Waals surface area contributed by atoms with E-state index in [2.05, 4.69) is 4.74 Å². The second kappa shape index (κ2) is 5.07. The van der Waals surface area contributed by atoms with Gasteiger partial charge in [0.05, 0.1) is 12.4 Å². The van der Waals surface area contributed by atoms with Crippen LogP contribution in [0, 0.1) is 11.6 Å². The van der Waals surface area contributed by atoms with E-state index in [1.165, 1.54) is 13.2 Å². The van der Waals surface area contributed by atoms with Crippen LogP contribution in [-0.4, -0.2) is 15.5 Å². The minimum Gasteiger partial charge on any atom is -0.380 e. The summed E-state index contributed by atoms with van der Waals surface area (Å²) >= 11 is 0. The van der Waals surface area contributed by atoms with Gasteiger partial charge >= 0.3 is 0 Å². The van der Waals surface area contributed by atoms with Gasteiger partial charge in [-0.1, -0.05) is 6.07 Å². The third kappa shape index (κ3) is 3.40. The molecule has 0 unspecified atom stereocenters. The molecule has 7 heteroatoms. The third-order valence-corrected chi connectivity index (χ3v) is 2.84. The molecule has 0 aliphatic rings. The Bertz CT molecular complexity index is 488. The van der Waals surface area contributed by atoms with Crippen molar-refractivity contribution in [2.24, 2.45) is 0 Å². The second-order valence-corrected chi connectivity index (χ2v) is 5.89. The van der Waals surface area contributed by atoms with Gasteiger partial charge < -0.3 is 4.74 Å². The molecular weight excluding hydrogens is 262 g/mol. The van der Waals surface area contributed by atoms with E-state index in [1.807, 2.05) is 0 Å². The van der Waals surface area contributed by atoms with Crippen molar-refractivity contribution in [2.45, 2.75) is 12.4 Å². The zero-order valence-corrected chi connectivity index (χ0v) is 9.91. The van der Waals surface area contributed by atoms with Crippen molar-refractivity contribution in [3.63, 3.8) is 0 Å². The molecule has 90 valence electrons. The highest BCUT2D eigenvalue weighted by molar-refractivity contribution is 8.13. The summed E-state index contributed by atoms with van der Waals surface area (Å²) in [6.07, 6.45) is 0. The summed E-state index contributed by atoms with van der Waals surface area (Å²) in [5.41, 5.74) is -0.483. The van der Waals surface area contributed by atoms with Gasteiger partial charge in [-0.3, -0.25) is 0 Å². The normalized spacial score (nSPS) is 11.8. The topological polar surface area (TPSA) is 43.4 Å². The van der Waals surface area contributed by atoms with Crippen LogP contribution in [0.2, 0.25) is 0 Å². The van der Waals surface area contributed by atoms with Gasteiger partial charge in [-0.2, -0.15) is 0 Å². The molecule has 0 amide bonds. The summed E-state index contributed by atoms with van der Waals surface area (Å²) in [4.78, 5) is 0. The van der Waals surface area contributed by atoms with Crippen molar-refractivity contribution >= 4 is 19.7 Å². The van der Waals surface area contributed by atoms with E-state index in [4.69, 9.17) is 10.7 Å². The Morgan fingerprint density at radius 1 is 1.38 bits per heavy atom. The molecule has 0 aliphatic carbocycles. The Morgan fingerprint density at radius 2 is 2.00 bits per heavy atom. The van der Waals surface area contributed by atoms with Gasteiger partial charge in [-0.05, 0) is 6.07 Å². The summed E-state index contributed by atoms with van der Waals surface area (Å²) in [7, 11) is 2.29. The molecule has 0 bridgehead atoms. The van der Waals surface area contributed by atoms with Crippen molar-refractivity contribution in [1.82, 2.24) is 0 Å². The number of hydrogen-bond donors (Lipinski definition) is 0. The molecule has 0 saturated carbocycles. The molecule has 0 heterocycles. The zero-order chi connectivity index (χ0) is 12.3. The van der Waals surface area contributed by atoms with E-state index in [-0.39, 0.29) is 12.2 Å². The molecule has 0 saturated heterocycles. The Hall–Kier alpha value is -0.720. The summed E-state index contributed by atoms with van der Waals surface area (Å²) in [6, 6.07) is 2.17. The summed E-state index contributed by atoms with van der Waals surface area (Å²) in [5.74, 6) is -2.77. The highest BCUT2D eigenvalue weighted by atomic mass is 35.7. The Balaban J connectivity index is 3.21. The van der Waals surface area contributed by atoms with E-state index in [0.29, 0.717) is 0 Å². The molecule has 1 rings (SSSR count). The second-order valence-electron chi connectivity index (χ2n) is 3.12. The van der Waals surface area contributed by atoms with Crippen LogP contribution in [0.3, 0.4) is 0 Å². The van der Waals surface area contributed by atoms with Crippen LogP contribution in [-0.2, 0) is 26.1 Å². The first kappa shape index (κ1) is 13.3. The quantitative estimate of drug-likeness (QED) is 0.788. The highest BCUT2D eigenvalue weighted by Crippen LogP contribution is 2.21. The number of halogens is 3. The first-order valence-corrected chi connectivity index (χ1v) is 6.70. The standard InChI is InChI=1S/C9H9ClF2O3S/c1-15-4-6-2-3-8(11)7(9(6)12)5-16(10,13)14/h2-3H,4-5H2,1H3. The summed E-state index contributed by atoms with van der Waals surface area (Å²) < 4.78 is 53.0. The van der Waals surface area contributed by atoms with Crippen LogP contribution in [0.1, 0.15) is 11.1 Å². The lowest BCUT2D eigenvalue weighted by atomic mass is 10.1. The maximum Gasteiger partial charge on any atom is 0.236 e. The summed E-state index contributed by atoms with van der Waals surface area (Å²) in [5, 5.41) is 0. The zero-order valence-electron chi connectivity index (χ0n) is 8.34. The predicted molar refractivity (Wildman–Crippen MR) is 55.5 cm³/mol. The van der Waals surface area contributed by atoms with Crippen molar-refractivity contribution in [3.05, 3.63) is 34.9 Å². The van der Waals surface area contributed by atoms with Crippen LogP contribution >= 0.6 is 10.7 Å². The van der Waals surface area contributed by atoms with Crippen LogP contribution in [0.5, 0.6) is 0 Å². The van der Waals surface area contributed by atoms with Gasteiger partial charge in [0, 0.05) is 28.9 Å². The number of ether oxygens (including phenoxy) is 1. The third-order valence-electron chi connectivity index (χ3n) is 1.88. The van der Waals surface area contributed by atoms with Crippen molar-refractivity contribution in [2.75, 3.05) is 7.11 Å². The lowest BCUT2D eigenvalue weighted by molar-refractivity contribution is 0.181. The lowest BCUT2D eigenvalue weighted by Crippen LogP contribution is -2.05. The van der Waals surface area contributed by atoms with Gasteiger partial charge in [0.15, 0.2) is 0 Å². The maximum absolute atomic E-state index is 13.6. The monoisotopic (exact) mass is 270 g/mol. The van der Waals surface area contributed by atoms with E-state index in [1.54, 1.807) is 0 Å². The van der Waals surface area contributed by atoms with Crippen LogP contribution < -0.4 is 0 Å². The molecule has 1 aromatic rings. The Labute approximate surface area is 96.4 Å². The number of methoxy groups -OCH3 is 1. The molecule has 0 spiro atoms. The van der Waals surface area contributed by atoms with Crippen molar-refractivity contribution in [3.8, 4) is 0 Å². The lowest BCUT2D eigenvalue weighted by Gasteiger charge is -2.07. The number of benzene rings is 1. The van der Waals surface area contributed by atoms with Gasteiger partial charge in [-0.25, -0.2) is 17.2 Å². The number of rotatable bonds is 4. The maximum atomic E-state index is 13.6. The van der Waals surface area contributed by atoms with E-state index < -0.39 is 32.0 Å². The van der Waals surface area contributed by atoms with Gasteiger partial charge in [0.1, 0.15) is 11.6 Å². The molecule has 0 N–H and O–H groups in total. The minimum atomic E-state index is -4.00. The summed E-state index contributed by atoms with van der Waals surface area (Å²) in [6.45, 7) is -0.0680. The molecule has 0 aliphatic heterocycles. The SMILES string of the molecule is COCc1ccc(F)c(CS(=O)(=O)Cl)c1F. The Kier molecular flexibility index (Phi) is 4.23. The van der Waals surface area contributed by atoms with Gasteiger partial charge in [-0.15, -0.1) is 0 Å². The first-order chi connectivity index (χ1) is 7.35. The van der Waals surface area contributed by atoms with Crippen LogP contribution in [0.4, 0.5) is 8.78 Å². The fourth-order valence-electron chi connectivity index (χ4n) is 1.22. The molecule has 16 heavy (non-hydrogen) atoms. The fraction of sp³-hybridized carbons (Fsp3) is 0.333. The van der Waals surface area contributed by atoms with Crippen LogP contribution in [0.25, 0.3) is 0 Å². The van der Waals surface area contributed by atoms with Gasteiger partial charge in [0.25, 0.3) is 0 Å². The van der Waals surface area contributed by atoms with Gasteiger partial charge in [0.2, 0.25) is 9.05 Å². The molecule has 1 aromatic carbocycles. The Morgan fingerprint density at radius 3 is 2.50 bits per heavy atom. The van der Waals surface area contributed by atoms with E-state index in [9.17, 15) is 17.2 Å². The van der Waals surface area contributed by atoms with E-state index in [0.717, 1.165) is 6.07 Å². The first-order valence-electron chi connectivity index (χ1n) is 4.22. The highest BCUT2D eigenvalue weighted by Gasteiger charge is 2.18. The molecular formula is C9H9ClF2O3S. The van der Waals surface area contributed by atoms with E-state index >= 15 is 0 Å². The molecule has 3 nitrogen and oxygen atoms in total. The minimum absolute atomic E-state index is 0.0680. The molecule has 0 radical (unpaired) electrons. The number of hydrogen-bond acceptors (Lipinski definition) is 3. The largest absolute Gasteiger partial charge is 0.380 e. The van der Waals surface area contributed by atoms with Crippen molar-refractivity contribution in [1.29, 1.82) is 0 Å². The fourth-order valence-corrected chi connectivity index (χ4v) is 2.15. The average molecular weight is 271 g/mol. The predicted octanol–water partition coefficient (Wildman–Crippen LogP) is 2.18. The molecule has 0 fully saturated rings. The molecule has 0 atom stereocenters. The average Bonchev–Trinajstić information content (AvgIpc) is 2.16. The molecule has 0 aromatic heterocycles. The van der Waals surface area contributed by atoms with Crippen molar-refractivity contribution < 1.29 is 21.9 Å². The van der Waals surface area contributed by atoms with Crippen LogP contribution in [0.15, 0.2) is 12.1 Å². The smallest absolute Gasteiger partial charge is 0.236 e.